The number of hydrogen-bond acceptors (Lipinski definition) is 2. The number of aryl methyl sites for hydroxylation is 1. The fraction of sp³-hybridized carbons (Fsp3) is 0.500. The predicted octanol–water partition coefficient (Wildman–Crippen LogP) is 1.62. The Hall–Kier alpha value is -0.803. The van der Waals surface area contributed by atoms with E-state index in [9.17, 15) is 0 Å². The molecule has 0 aromatic heterocycles. The highest BCUT2D eigenvalue weighted by molar-refractivity contribution is 5.98. The highest BCUT2D eigenvalue weighted by atomic mass is 28.2. The molecule has 1 rings (SSSR count). The molecular formula is C12H20O2Si. The zero-order valence-corrected chi connectivity index (χ0v) is 12.3. The Morgan fingerprint density at radius 1 is 1.27 bits per heavy atom. The predicted molar refractivity (Wildman–Crippen MR) is 66.5 cm³/mol. The maximum atomic E-state index is 5.55. The molecule has 15 heavy (non-hydrogen) atoms. The van der Waals surface area contributed by atoms with E-state index in [1.54, 1.807) is 7.11 Å². The summed E-state index contributed by atoms with van der Waals surface area (Å²) in [4.78, 5) is 0. The fourth-order valence-corrected chi connectivity index (χ4v) is 1.75. The normalized spacial score (nSPS) is 11.7. The van der Waals surface area contributed by atoms with E-state index in [1.807, 2.05) is 6.07 Å². The van der Waals surface area contributed by atoms with Crippen LogP contribution in [0.15, 0.2) is 18.2 Å². The monoisotopic (exact) mass is 224 g/mol. The Labute approximate surface area is 95.1 Å². The maximum absolute atomic E-state index is 5.55. The molecule has 0 heterocycles. The van der Waals surface area contributed by atoms with E-state index in [0.717, 1.165) is 22.7 Å². The Bertz CT molecular complexity index is 334. The van der Waals surface area contributed by atoms with Crippen LogP contribution >= 0.6 is 0 Å². The van der Waals surface area contributed by atoms with Crippen molar-refractivity contribution in [3.63, 3.8) is 0 Å². The average Bonchev–Trinajstić information content (AvgIpc) is 2.16. The van der Waals surface area contributed by atoms with Crippen LogP contribution in [0.25, 0.3) is 0 Å². The minimum atomic E-state index is -0.0645. The van der Waals surface area contributed by atoms with Crippen LogP contribution in [0.4, 0.5) is 0 Å². The van der Waals surface area contributed by atoms with Crippen LogP contribution in [0.2, 0.25) is 0 Å². The molecule has 0 amide bonds. The summed E-state index contributed by atoms with van der Waals surface area (Å²) in [6, 6.07) is 6.30. The summed E-state index contributed by atoms with van der Waals surface area (Å²) in [6.45, 7) is 6.32. The Kier molecular flexibility index (Phi) is 3.94. The van der Waals surface area contributed by atoms with Crippen molar-refractivity contribution in [3.05, 3.63) is 29.3 Å². The molecule has 0 N–H and O–H groups in total. The lowest BCUT2D eigenvalue weighted by atomic mass is 9.97. The minimum absolute atomic E-state index is 0.0645. The molecule has 0 aliphatic rings. The number of ether oxygens (including phenoxy) is 1. The molecule has 0 spiro atoms. The van der Waals surface area contributed by atoms with E-state index in [2.05, 4.69) is 32.9 Å². The fourth-order valence-electron chi connectivity index (χ4n) is 1.61. The average molecular weight is 224 g/mol. The van der Waals surface area contributed by atoms with Gasteiger partial charge in [-0.15, -0.1) is 0 Å². The van der Waals surface area contributed by atoms with Crippen LogP contribution < -0.4 is 4.74 Å². The number of hydrogen-bond donors (Lipinski definition) is 0. The van der Waals surface area contributed by atoms with E-state index in [4.69, 9.17) is 9.16 Å². The van der Waals surface area contributed by atoms with E-state index in [1.165, 1.54) is 11.1 Å². The van der Waals surface area contributed by atoms with Gasteiger partial charge in [-0.05, 0) is 50.5 Å². The highest BCUT2D eigenvalue weighted by Gasteiger charge is 2.16. The van der Waals surface area contributed by atoms with Gasteiger partial charge in [-0.1, -0.05) is 6.07 Å². The van der Waals surface area contributed by atoms with Crippen molar-refractivity contribution < 1.29 is 9.16 Å². The zero-order valence-electron chi connectivity index (χ0n) is 10.3. The van der Waals surface area contributed by atoms with E-state index >= 15 is 0 Å². The number of methoxy groups -OCH3 is 1. The lowest BCUT2D eigenvalue weighted by molar-refractivity contribution is 0.124. The molecule has 0 unspecified atom stereocenters. The standard InChI is InChI=1S/C12H20O2Si/c1-9-5-10(7-11(6-9)13-4)8-12(2,3)14-15/h5-7H,8H2,1-4,15H3. The van der Waals surface area contributed by atoms with Gasteiger partial charge in [0.15, 0.2) is 0 Å². The van der Waals surface area contributed by atoms with E-state index in [0.29, 0.717) is 0 Å². The number of benzene rings is 1. The molecule has 0 atom stereocenters. The summed E-state index contributed by atoms with van der Waals surface area (Å²) >= 11 is 0. The van der Waals surface area contributed by atoms with Crippen molar-refractivity contribution in [2.45, 2.75) is 32.8 Å². The topological polar surface area (TPSA) is 18.5 Å². The first kappa shape index (κ1) is 12.3. The quantitative estimate of drug-likeness (QED) is 0.724. The first-order chi connectivity index (χ1) is 6.96. The Morgan fingerprint density at radius 2 is 1.93 bits per heavy atom. The second-order valence-corrected chi connectivity index (χ2v) is 4.91. The van der Waals surface area contributed by atoms with E-state index in [-0.39, 0.29) is 5.60 Å². The van der Waals surface area contributed by atoms with Gasteiger partial charge in [0.1, 0.15) is 16.2 Å². The van der Waals surface area contributed by atoms with Gasteiger partial charge in [-0.2, -0.15) is 0 Å². The smallest absolute Gasteiger partial charge is 0.146 e. The first-order valence-corrected chi connectivity index (χ1v) is 5.98. The minimum Gasteiger partial charge on any atom is -0.497 e. The third-order valence-electron chi connectivity index (χ3n) is 2.53. The van der Waals surface area contributed by atoms with Crippen molar-refractivity contribution in [2.24, 2.45) is 0 Å². The van der Waals surface area contributed by atoms with Crippen molar-refractivity contribution >= 4 is 10.5 Å². The van der Waals surface area contributed by atoms with Crippen molar-refractivity contribution in [2.75, 3.05) is 7.11 Å². The van der Waals surface area contributed by atoms with Crippen LogP contribution in [-0.4, -0.2) is 23.2 Å². The molecule has 3 heteroatoms. The van der Waals surface area contributed by atoms with Gasteiger partial charge in [0.2, 0.25) is 0 Å². The summed E-state index contributed by atoms with van der Waals surface area (Å²) in [7, 11) is 2.48. The summed E-state index contributed by atoms with van der Waals surface area (Å²) in [6.07, 6.45) is 0.925. The van der Waals surface area contributed by atoms with Crippen molar-refractivity contribution in [1.29, 1.82) is 0 Å². The number of rotatable bonds is 4. The van der Waals surface area contributed by atoms with Gasteiger partial charge in [0.25, 0.3) is 0 Å². The first-order valence-electron chi connectivity index (χ1n) is 5.16. The molecule has 0 fully saturated rings. The van der Waals surface area contributed by atoms with Crippen LogP contribution in [-0.2, 0) is 10.8 Å². The molecule has 0 aliphatic heterocycles. The van der Waals surface area contributed by atoms with Crippen molar-refractivity contribution in [3.8, 4) is 5.75 Å². The van der Waals surface area contributed by atoms with Crippen LogP contribution in [0.1, 0.15) is 25.0 Å². The van der Waals surface area contributed by atoms with Gasteiger partial charge in [-0.3, -0.25) is 0 Å². The molecular weight excluding hydrogens is 204 g/mol. The van der Waals surface area contributed by atoms with Gasteiger partial charge in [-0.25, -0.2) is 0 Å². The lowest BCUT2D eigenvalue weighted by Crippen LogP contribution is -2.26. The molecule has 1 aromatic carbocycles. The van der Waals surface area contributed by atoms with E-state index < -0.39 is 0 Å². The molecule has 0 aliphatic carbocycles. The molecule has 1 aromatic rings. The molecule has 0 saturated heterocycles. The summed E-state index contributed by atoms with van der Waals surface area (Å²) < 4.78 is 10.8. The zero-order chi connectivity index (χ0) is 11.5. The second kappa shape index (κ2) is 4.81. The largest absolute Gasteiger partial charge is 0.497 e. The highest BCUT2D eigenvalue weighted by Crippen LogP contribution is 2.21. The molecule has 0 radical (unpaired) electrons. The molecule has 84 valence electrons. The van der Waals surface area contributed by atoms with Gasteiger partial charge in [0.05, 0.1) is 12.7 Å². The van der Waals surface area contributed by atoms with Gasteiger partial charge >= 0.3 is 0 Å². The van der Waals surface area contributed by atoms with Crippen molar-refractivity contribution in [1.82, 2.24) is 0 Å². The van der Waals surface area contributed by atoms with Gasteiger partial charge < -0.3 is 9.16 Å². The Balaban J connectivity index is 2.90. The van der Waals surface area contributed by atoms with Crippen LogP contribution in [0.3, 0.4) is 0 Å². The molecule has 2 nitrogen and oxygen atoms in total. The third kappa shape index (κ3) is 3.68. The Morgan fingerprint density at radius 3 is 2.47 bits per heavy atom. The molecule has 0 saturated carbocycles. The van der Waals surface area contributed by atoms with Crippen LogP contribution in [0.5, 0.6) is 5.75 Å². The third-order valence-corrected chi connectivity index (χ3v) is 3.63. The summed E-state index contributed by atoms with van der Waals surface area (Å²) in [5.74, 6) is 0.925. The van der Waals surface area contributed by atoms with Crippen LogP contribution in [0, 0.1) is 6.92 Å². The lowest BCUT2D eigenvalue weighted by Gasteiger charge is -2.24. The van der Waals surface area contributed by atoms with Gasteiger partial charge in [0, 0.05) is 0 Å². The second-order valence-electron chi connectivity index (χ2n) is 4.50. The molecule has 0 bridgehead atoms. The summed E-state index contributed by atoms with van der Waals surface area (Å²) in [5.41, 5.74) is 2.44. The maximum Gasteiger partial charge on any atom is 0.146 e. The SMILES string of the molecule is COc1cc(C)cc(CC(C)(C)O[SiH3])c1. The summed E-state index contributed by atoms with van der Waals surface area (Å²) in [5, 5.41) is 0.